The minimum atomic E-state index is -0.112. The Kier molecular flexibility index (Phi) is 8.79. The summed E-state index contributed by atoms with van der Waals surface area (Å²) in [6.45, 7) is 3.73. The fourth-order valence-electron chi connectivity index (χ4n) is 3.57. The van der Waals surface area contributed by atoms with Crippen LogP contribution in [0.1, 0.15) is 24.0 Å². The molecule has 0 bridgehead atoms. The molecule has 6 nitrogen and oxygen atoms in total. The molecule has 2 amide bonds. The molecule has 0 aromatic heterocycles. The van der Waals surface area contributed by atoms with E-state index in [1.807, 2.05) is 60.4 Å². The Morgan fingerprint density at radius 1 is 1.19 bits per heavy atom. The number of nitrogens with one attached hydrogen (secondary N) is 1. The van der Waals surface area contributed by atoms with Crippen molar-refractivity contribution < 1.29 is 19.1 Å². The zero-order valence-corrected chi connectivity index (χ0v) is 19.0. The van der Waals surface area contributed by atoms with Gasteiger partial charge in [-0.2, -0.15) is 0 Å². The van der Waals surface area contributed by atoms with Crippen LogP contribution in [-0.4, -0.2) is 54.6 Å². The summed E-state index contributed by atoms with van der Waals surface area (Å²) in [4.78, 5) is 27.1. The van der Waals surface area contributed by atoms with E-state index in [2.05, 4.69) is 5.32 Å². The van der Waals surface area contributed by atoms with Crippen LogP contribution in [0.15, 0.2) is 48.5 Å². The van der Waals surface area contributed by atoms with E-state index in [4.69, 9.17) is 9.47 Å². The number of rotatable bonds is 10. The second kappa shape index (κ2) is 11.8. The van der Waals surface area contributed by atoms with E-state index < -0.39 is 0 Å². The first-order valence-corrected chi connectivity index (χ1v) is 11.7. The van der Waals surface area contributed by atoms with Gasteiger partial charge in [0, 0.05) is 30.9 Å². The summed E-state index contributed by atoms with van der Waals surface area (Å²) in [5.41, 5.74) is 2.81. The molecule has 1 heterocycles. The van der Waals surface area contributed by atoms with E-state index in [1.165, 1.54) is 11.8 Å². The number of thioether (sulfide) groups is 1. The van der Waals surface area contributed by atoms with Crippen LogP contribution in [0.4, 0.5) is 5.69 Å². The first-order valence-electron chi connectivity index (χ1n) is 10.5. The van der Waals surface area contributed by atoms with E-state index in [-0.39, 0.29) is 29.4 Å². The minimum absolute atomic E-state index is 0.00485. The van der Waals surface area contributed by atoms with Crippen molar-refractivity contribution in [1.82, 2.24) is 4.90 Å². The molecular weight excluding hydrogens is 412 g/mol. The molecule has 166 valence electrons. The van der Waals surface area contributed by atoms with E-state index in [1.54, 1.807) is 7.11 Å². The molecule has 7 heteroatoms. The molecule has 1 N–H and O–H groups in total. The van der Waals surface area contributed by atoms with Gasteiger partial charge in [0.05, 0.1) is 24.7 Å². The fourth-order valence-corrected chi connectivity index (χ4v) is 4.29. The van der Waals surface area contributed by atoms with Gasteiger partial charge in [0.25, 0.3) is 0 Å². The van der Waals surface area contributed by atoms with Crippen molar-refractivity contribution in [2.45, 2.75) is 32.4 Å². The Bertz CT molecular complexity index is 883. The fraction of sp³-hybridized carbons (Fsp3) is 0.417. The van der Waals surface area contributed by atoms with E-state index in [0.29, 0.717) is 13.1 Å². The molecule has 1 unspecified atom stereocenters. The highest BCUT2D eigenvalue weighted by Gasteiger charge is 2.23. The molecule has 2 aromatic rings. The van der Waals surface area contributed by atoms with Gasteiger partial charge in [-0.15, -0.1) is 11.8 Å². The molecule has 31 heavy (non-hydrogen) atoms. The van der Waals surface area contributed by atoms with Gasteiger partial charge in [0.1, 0.15) is 5.75 Å². The van der Waals surface area contributed by atoms with Crippen LogP contribution in [0, 0.1) is 6.92 Å². The van der Waals surface area contributed by atoms with Crippen LogP contribution < -0.4 is 10.1 Å². The van der Waals surface area contributed by atoms with Crippen molar-refractivity contribution in [2.75, 3.05) is 37.1 Å². The zero-order valence-electron chi connectivity index (χ0n) is 18.1. The van der Waals surface area contributed by atoms with Crippen LogP contribution >= 0.6 is 11.8 Å². The monoisotopic (exact) mass is 442 g/mol. The molecule has 1 atom stereocenters. The molecule has 0 spiro atoms. The summed E-state index contributed by atoms with van der Waals surface area (Å²) in [5.74, 6) is 1.11. The lowest BCUT2D eigenvalue weighted by molar-refractivity contribution is -0.130. The summed E-state index contributed by atoms with van der Waals surface area (Å²) in [5, 5.41) is 2.88. The third-order valence-corrected chi connectivity index (χ3v) is 6.03. The molecular formula is C24H30N2O4S. The number of aryl methyl sites for hydroxylation is 1. The maximum Gasteiger partial charge on any atom is 0.234 e. The molecule has 2 aromatic carbocycles. The largest absolute Gasteiger partial charge is 0.496 e. The number of benzene rings is 2. The minimum Gasteiger partial charge on any atom is -0.496 e. The Balaban J connectivity index is 1.55. The van der Waals surface area contributed by atoms with Crippen LogP contribution in [0.2, 0.25) is 0 Å². The third kappa shape index (κ3) is 7.29. The van der Waals surface area contributed by atoms with Gasteiger partial charge >= 0.3 is 0 Å². The Hall–Kier alpha value is -2.51. The molecule has 1 aliphatic heterocycles. The number of ether oxygens (including phenoxy) is 2. The Labute approximate surface area is 188 Å². The van der Waals surface area contributed by atoms with Crippen molar-refractivity contribution in [1.29, 1.82) is 0 Å². The molecule has 3 rings (SSSR count). The number of carbonyl (C=O) groups excluding carboxylic acids is 2. The normalized spacial score (nSPS) is 15.5. The van der Waals surface area contributed by atoms with Gasteiger partial charge in [0.2, 0.25) is 11.8 Å². The van der Waals surface area contributed by atoms with Crippen molar-refractivity contribution in [3.05, 3.63) is 59.7 Å². The number of hydrogen-bond donors (Lipinski definition) is 1. The van der Waals surface area contributed by atoms with Gasteiger partial charge in [-0.25, -0.2) is 0 Å². The lowest BCUT2D eigenvalue weighted by atomic mass is 10.1. The number of anilines is 1. The quantitative estimate of drug-likeness (QED) is 0.605. The van der Waals surface area contributed by atoms with Gasteiger partial charge < -0.3 is 19.7 Å². The standard InChI is InChI=1S/C24H30N2O4S/c1-18-7-5-9-20(13-18)25-23(27)16-31-17-24(28)26(15-21-10-6-12-30-21)14-19-8-3-4-11-22(19)29-2/h3-5,7-9,11,13,21H,6,10,12,14-17H2,1-2H3,(H,25,27). The van der Waals surface area contributed by atoms with E-state index >= 15 is 0 Å². The van der Waals surface area contributed by atoms with E-state index in [0.717, 1.165) is 42.0 Å². The highest BCUT2D eigenvalue weighted by atomic mass is 32.2. The highest BCUT2D eigenvalue weighted by molar-refractivity contribution is 8.00. The Morgan fingerprint density at radius 2 is 2.03 bits per heavy atom. The number of hydrogen-bond acceptors (Lipinski definition) is 5. The summed E-state index contributed by atoms with van der Waals surface area (Å²) >= 11 is 1.32. The number of amides is 2. The van der Waals surface area contributed by atoms with Gasteiger partial charge in [0.15, 0.2) is 0 Å². The summed E-state index contributed by atoms with van der Waals surface area (Å²) in [7, 11) is 1.63. The first kappa shape index (κ1) is 23.2. The third-order valence-electron chi connectivity index (χ3n) is 5.11. The molecule has 0 aliphatic carbocycles. The molecule has 0 radical (unpaired) electrons. The summed E-state index contributed by atoms with van der Waals surface area (Å²) in [6, 6.07) is 15.4. The lowest BCUT2D eigenvalue weighted by Crippen LogP contribution is -2.38. The van der Waals surface area contributed by atoms with Crippen molar-refractivity contribution in [3.8, 4) is 5.75 Å². The summed E-state index contributed by atoms with van der Waals surface area (Å²) in [6.07, 6.45) is 2.05. The zero-order chi connectivity index (χ0) is 22.1. The van der Waals surface area contributed by atoms with Gasteiger partial charge in [-0.05, 0) is 43.5 Å². The van der Waals surface area contributed by atoms with E-state index in [9.17, 15) is 9.59 Å². The number of methoxy groups -OCH3 is 1. The predicted octanol–water partition coefficient (Wildman–Crippen LogP) is 3.88. The number of nitrogens with zero attached hydrogens (tertiary/aromatic N) is 1. The van der Waals surface area contributed by atoms with Crippen molar-refractivity contribution >= 4 is 29.3 Å². The van der Waals surface area contributed by atoms with Gasteiger partial charge in [-0.3, -0.25) is 9.59 Å². The number of para-hydroxylation sites is 1. The average molecular weight is 443 g/mol. The van der Waals surface area contributed by atoms with Crippen LogP contribution in [-0.2, 0) is 20.9 Å². The van der Waals surface area contributed by atoms with Crippen LogP contribution in [0.25, 0.3) is 0 Å². The van der Waals surface area contributed by atoms with Crippen molar-refractivity contribution in [2.24, 2.45) is 0 Å². The number of carbonyl (C=O) groups is 2. The summed E-state index contributed by atoms with van der Waals surface area (Å²) < 4.78 is 11.2. The first-order chi connectivity index (χ1) is 15.0. The second-order valence-electron chi connectivity index (χ2n) is 7.63. The molecule has 0 saturated carbocycles. The predicted molar refractivity (Wildman–Crippen MR) is 125 cm³/mol. The molecule has 1 fully saturated rings. The van der Waals surface area contributed by atoms with Crippen molar-refractivity contribution in [3.63, 3.8) is 0 Å². The average Bonchev–Trinajstić information content (AvgIpc) is 3.27. The van der Waals surface area contributed by atoms with Gasteiger partial charge in [-0.1, -0.05) is 30.3 Å². The SMILES string of the molecule is COc1ccccc1CN(CC1CCCO1)C(=O)CSCC(=O)Nc1cccc(C)c1. The Morgan fingerprint density at radius 3 is 2.77 bits per heavy atom. The molecule has 1 aliphatic rings. The smallest absolute Gasteiger partial charge is 0.234 e. The highest BCUT2D eigenvalue weighted by Crippen LogP contribution is 2.22. The molecule has 1 saturated heterocycles. The van der Waals surface area contributed by atoms with Crippen LogP contribution in [0.3, 0.4) is 0 Å². The maximum atomic E-state index is 13.0. The lowest BCUT2D eigenvalue weighted by Gasteiger charge is -2.26. The van der Waals surface area contributed by atoms with Crippen LogP contribution in [0.5, 0.6) is 5.75 Å². The second-order valence-corrected chi connectivity index (χ2v) is 8.62. The topological polar surface area (TPSA) is 67.9 Å². The maximum absolute atomic E-state index is 13.0.